The van der Waals surface area contributed by atoms with E-state index in [9.17, 15) is 13.2 Å². The van der Waals surface area contributed by atoms with Crippen LogP contribution in [-0.2, 0) is 16.4 Å². The minimum atomic E-state index is -4.03. The number of carbonyl (C=O) groups is 1. The molecule has 6 nitrogen and oxygen atoms in total. The van der Waals surface area contributed by atoms with Gasteiger partial charge in [0.25, 0.3) is 15.9 Å². The van der Waals surface area contributed by atoms with Crippen LogP contribution in [0, 0.1) is 0 Å². The van der Waals surface area contributed by atoms with Crippen molar-refractivity contribution in [2.45, 2.75) is 18.2 Å². The number of aryl methyl sites for hydroxylation is 1. The summed E-state index contributed by atoms with van der Waals surface area (Å²) in [5.41, 5.74) is 1.72. The molecule has 4 rings (SSSR count). The third-order valence-electron chi connectivity index (χ3n) is 5.37. The van der Waals surface area contributed by atoms with Gasteiger partial charge in [0.15, 0.2) is 0 Å². The summed E-state index contributed by atoms with van der Waals surface area (Å²) < 4.78 is 35.4. The summed E-state index contributed by atoms with van der Waals surface area (Å²) in [7, 11) is -4.03. The summed E-state index contributed by atoms with van der Waals surface area (Å²) in [4.78, 5) is 13.2. The van der Waals surface area contributed by atoms with Gasteiger partial charge in [0.1, 0.15) is 11.5 Å². The van der Waals surface area contributed by atoms with E-state index in [0.29, 0.717) is 33.7 Å². The number of para-hydroxylation sites is 1. The van der Waals surface area contributed by atoms with Gasteiger partial charge >= 0.3 is 0 Å². The maximum atomic E-state index is 13.2. The molecule has 0 aliphatic heterocycles. The molecule has 0 aromatic heterocycles. The number of anilines is 2. The molecule has 0 heterocycles. The summed E-state index contributed by atoms with van der Waals surface area (Å²) in [5.74, 6) is 0.368. The molecule has 4 aromatic rings. The van der Waals surface area contributed by atoms with E-state index in [2.05, 4.69) is 26.0 Å². The summed E-state index contributed by atoms with van der Waals surface area (Å²) in [6.07, 6.45) is 0.695. The monoisotopic (exact) mass is 618 g/mol. The van der Waals surface area contributed by atoms with Crippen LogP contribution < -0.4 is 14.8 Å². The van der Waals surface area contributed by atoms with E-state index >= 15 is 0 Å². The fourth-order valence-corrected chi connectivity index (χ4v) is 5.34. The molecule has 0 spiro atoms. The van der Waals surface area contributed by atoms with Gasteiger partial charge in [-0.1, -0.05) is 58.2 Å². The molecule has 0 bridgehead atoms. The van der Waals surface area contributed by atoms with E-state index in [1.807, 2.05) is 19.1 Å². The lowest BCUT2D eigenvalue weighted by Crippen LogP contribution is -2.19. The number of carbonyl (C=O) groups excluding carboxylic acids is 1. The first-order valence-corrected chi connectivity index (χ1v) is 14.1. The van der Waals surface area contributed by atoms with Crippen LogP contribution in [0.25, 0.3) is 0 Å². The van der Waals surface area contributed by atoms with Crippen LogP contribution >= 0.6 is 39.1 Å². The lowest BCUT2D eigenvalue weighted by atomic mass is 10.1. The molecule has 0 fully saturated rings. The number of benzene rings is 4. The average molecular weight is 620 g/mol. The average Bonchev–Trinajstić information content (AvgIpc) is 2.87. The van der Waals surface area contributed by atoms with Gasteiger partial charge in [-0.25, -0.2) is 8.42 Å². The lowest BCUT2D eigenvalue weighted by Gasteiger charge is -2.15. The first kappa shape index (κ1) is 27.0. The zero-order valence-electron chi connectivity index (χ0n) is 19.5. The Kier molecular flexibility index (Phi) is 8.44. The van der Waals surface area contributed by atoms with Crippen LogP contribution in [0.3, 0.4) is 0 Å². The van der Waals surface area contributed by atoms with Crippen LogP contribution in [0.2, 0.25) is 10.0 Å². The molecular formula is C27H21BrCl2N2O4S. The van der Waals surface area contributed by atoms with Crippen molar-refractivity contribution in [1.29, 1.82) is 0 Å². The highest BCUT2D eigenvalue weighted by molar-refractivity contribution is 9.10. The third-order valence-corrected chi connectivity index (χ3v) is 7.79. The summed E-state index contributed by atoms with van der Waals surface area (Å²) in [5, 5.41) is 3.58. The molecule has 0 saturated carbocycles. The highest BCUT2D eigenvalue weighted by atomic mass is 79.9. The molecule has 0 saturated heterocycles. The Balaban J connectivity index is 1.56. The SMILES string of the molecule is CCc1cc(Br)ccc1NC(=O)c1cc(Cl)ccc1NS(=O)(=O)c1ccc(Oc2ccccc2Cl)cc1. The van der Waals surface area contributed by atoms with Gasteiger partial charge in [0.05, 0.1) is 21.2 Å². The molecule has 0 atom stereocenters. The fourth-order valence-electron chi connectivity index (χ4n) is 3.50. The standard InChI is InChI=1S/C27H21BrCl2N2O4S/c1-2-17-15-18(28)7-13-24(17)31-27(33)22-16-19(29)8-14-25(22)32-37(34,35)21-11-9-20(10-12-21)36-26-6-4-3-5-23(26)30/h3-16,32H,2H2,1H3,(H,31,33). The van der Waals surface area contributed by atoms with E-state index in [1.165, 1.54) is 42.5 Å². The number of halogens is 3. The predicted molar refractivity (Wildman–Crippen MR) is 152 cm³/mol. The van der Waals surface area contributed by atoms with Crippen molar-refractivity contribution in [3.05, 3.63) is 111 Å². The zero-order chi connectivity index (χ0) is 26.6. The third kappa shape index (κ3) is 6.64. The van der Waals surface area contributed by atoms with E-state index < -0.39 is 15.9 Å². The Bertz CT molecular complexity index is 1560. The lowest BCUT2D eigenvalue weighted by molar-refractivity contribution is 0.102. The number of nitrogens with one attached hydrogen (secondary N) is 2. The van der Waals surface area contributed by atoms with Crippen molar-refractivity contribution in [3.63, 3.8) is 0 Å². The summed E-state index contributed by atoms with van der Waals surface area (Å²) in [6.45, 7) is 1.97. The van der Waals surface area contributed by atoms with Crippen molar-refractivity contribution in [2.24, 2.45) is 0 Å². The number of sulfonamides is 1. The smallest absolute Gasteiger partial charge is 0.261 e. The van der Waals surface area contributed by atoms with E-state index in [4.69, 9.17) is 27.9 Å². The minimum absolute atomic E-state index is 0.0125. The molecule has 190 valence electrons. The van der Waals surface area contributed by atoms with E-state index in [-0.39, 0.29) is 16.1 Å². The molecule has 0 unspecified atom stereocenters. The molecule has 10 heteroatoms. The molecular weight excluding hydrogens is 599 g/mol. The van der Waals surface area contributed by atoms with Gasteiger partial charge in [-0.15, -0.1) is 0 Å². The number of amides is 1. The Morgan fingerprint density at radius 1 is 0.919 bits per heavy atom. The first-order chi connectivity index (χ1) is 17.7. The van der Waals surface area contributed by atoms with Crippen molar-refractivity contribution in [1.82, 2.24) is 0 Å². The van der Waals surface area contributed by atoms with Crippen molar-refractivity contribution < 1.29 is 17.9 Å². The minimum Gasteiger partial charge on any atom is -0.456 e. The van der Waals surface area contributed by atoms with Gasteiger partial charge in [-0.3, -0.25) is 9.52 Å². The predicted octanol–water partition coefficient (Wildman–Crippen LogP) is 8.16. The van der Waals surface area contributed by atoms with Crippen LogP contribution in [-0.4, -0.2) is 14.3 Å². The second-order valence-corrected chi connectivity index (χ2v) is 11.4. The molecule has 4 aromatic carbocycles. The molecule has 1 amide bonds. The van der Waals surface area contributed by atoms with Gasteiger partial charge < -0.3 is 10.1 Å². The molecule has 2 N–H and O–H groups in total. The highest BCUT2D eigenvalue weighted by Crippen LogP contribution is 2.30. The van der Waals surface area contributed by atoms with Gasteiger partial charge in [0.2, 0.25) is 0 Å². The number of rotatable bonds is 8. The van der Waals surface area contributed by atoms with E-state index in [1.54, 1.807) is 30.3 Å². The van der Waals surface area contributed by atoms with Gasteiger partial charge in [0, 0.05) is 15.2 Å². The molecule has 0 aliphatic carbocycles. The molecule has 37 heavy (non-hydrogen) atoms. The van der Waals surface area contributed by atoms with Crippen molar-refractivity contribution in [3.8, 4) is 11.5 Å². The first-order valence-electron chi connectivity index (χ1n) is 11.1. The largest absolute Gasteiger partial charge is 0.456 e. The Hall–Kier alpha value is -3.04. The highest BCUT2D eigenvalue weighted by Gasteiger charge is 2.20. The second-order valence-electron chi connectivity index (χ2n) is 7.91. The van der Waals surface area contributed by atoms with E-state index in [0.717, 1.165) is 10.0 Å². The number of ether oxygens (including phenoxy) is 1. The Labute approximate surface area is 233 Å². The maximum Gasteiger partial charge on any atom is 0.261 e. The molecule has 0 aliphatic rings. The topological polar surface area (TPSA) is 84.5 Å². The normalized spacial score (nSPS) is 11.1. The van der Waals surface area contributed by atoms with Crippen molar-refractivity contribution >= 4 is 66.4 Å². The van der Waals surface area contributed by atoms with Crippen molar-refractivity contribution in [2.75, 3.05) is 10.0 Å². The van der Waals surface area contributed by atoms with Crippen LogP contribution in [0.15, 0.2) is 94.3 Å². The van der Waals surface area contributed by atoms with Crippen LogP contribution in [0.5, 0.6) is 11.5 Å². The fraction of sp³-hybridized carbons (Fsp3) is 0.0741. The Morgan fingerprint density at radius 2 is 1.62 bits per heavy atom. The quantitative estimate of drug-likeness (QED) is 0.208. The van der Waals surface area contributed by atoms with Gasteiger partial charge in [-0.05, 0) is 84.8 Å². The van der Waals surface area contributed by atoms with Crippen LogP contribution in [0.1, 0.15) is 22.8 Å². The zero-order valence-corrected chi connectivity index (χ0v) is 23.4. The second kappa shape index (κ2) is 11.6. The summed E-state index contributed by atoms with van der Waals surface area (Å²) >= 11 is 15.7. The van der Waals surface area contributed by atoms with Gasteiger partial charge in [-0.2, -0.15) is 0 Å². The Morgan fingerprint density at radius 3 is 2.32 bits per heavy atom. The number of hydrogen-bond acceptors (Lipinski definition) is 4. The molecule has 0 radical (unpaired) electrons. The van der Waals surface area contributed by atoms with Crippen LogP contribution in [0.4, 0.5) is 11.4 Å². The summed E-state index contributed by atoms with van der Waals surface area (Å²) in [6, 6.07) is 22.7. The number of hydrogen-bond donors (Lipinski definition) is 2. The maximum absolute atomic E-state index is 13.2.